The number of phenolic OH excluding ortho intramolecular Hbond substituents is 4. The number of fused-ring (bicyclic) bond motifs is 4. The third-order valence-electron chi connectivity index (χ3n) is 5.99. The molecule has 172 valence electrons. The Balaban J connectivity index is 1.59. The molecule has 32 heavy (non-hydrogen) atoms. The SMILES string of the molecule is OCC1OC2OC3C(c4ccc(O)c(O)c4)Oc4cc(O)cc(O)c4C3OC2C(O)C1O. The average Bonchev–Trinajstić information content (AvgIpc) is 2.76. The van der Waals surface area contributed by atoms with Gasteiger partial charge in [-0.05, 0) is 17.7 Å². The molecule has 0 aromatic heterocycles. The molecule has 0 bridgehead atoms. The highest BCUT2D eigenvalue weighted by Gasteiger charge is 2.56. The molecule has 2 fully saturated rings. The fraction of sp³-hybridized carbons (Fsp3) is 0.429. The van der Waals surface area contributed by atoms with Crippen molar-refractivity contribution < 1.29 is 54.7 Å². The van der Waals surface area contributed by atoms with Crippen LogP contribution >= 0.6 is 0 Å². The molecule has 3 aliphatic rings. The van der Waals surface area contributed by atoms with Crippen molar-refractivity contribution in [3.63, 3.8) is 0 Å². The van der Waals surface area contributed by atoms with Gasteiger partial charge >= 0.3 is 0 Å². The Hall–Kier alpha value is -2.80. The van der Waals surface area contributed by atoms with Crippen molar-refractivity contribution >= 4 is 0 Å². The maximum Gasteiger partial charge on any atom is 0.187 e. The maximum absolute atomic E-state index is 10.5. The summed E-state index contributed by atoms with van der Waals surface area (Å²) in [5.41, 5.74) is 0.553. The average molecular weight is 450 g/mol. The highest BCUT2D eigenvalue weighted by molar-refractivity contribution is 5.53. The zero-order valence-electron chi connectivity index (χ0n) is 16.5. The van der Waals surface area contributed by atoms with Crippen LogP contribution in [0, 0.1) is 0 Å². The third kappa shape index (κ3) is 3.22. The number of rotatable bonds is 2. The van der Waals surface area contributed by atoms with Crippen molar-refractivity contribution in [1.29, 1.82) is 0 Å². The van der Waals surface area contributed by atoms with Gasteiger partial charge in [-0.25, -0.2) is 0 Å². The fourth-order valence-corrected chi connectivity index (χ4v) is 4.41. The number of phenols is 4. The van der Waals surface area contributed by atoms with Gasteiger partial charge in [-0.1, -0.05) is 6.07 Å². The molecule has 0 spiro atoms. The smallest absolute Gasteiger partial charge is 0.187 e. The van der Waals surface area contributed by atoms with E-state index >= 15 is 0 Å². The molecule has 11 heteroatoms. The summed E-state index contributed by atoms with van der Waals surface area (Å²) >= 11 is 0. The molecule has 8 unspecified atom stereocenters. The Morgan fingerprint density at radius 2 is 1.53 bits per heavy atom. The van der Waals surface area contributed by atoms with Crippen LogP contribution < -0.4 is 4.74 Å². The van der Waals surface area contributed by atoms with Crippen LogP contribution in [0.1, 0.15) is 23.3 Å². The number of benzene rings is 2. The maximum atomic E-state index is 10.5. The van der Waals surface area contributed by atoms with E-state index in [1.165, 1.54) is 24.3 Å². The van der Waals surface area contributed by atoms with Crippen molar-refractivity contribution in [2.24, 2.45) is 0 Å². The second kappa shape index (κ2) is 7.66. The van der Waals surface area contributed by atoms with Crippen molar-refractivity contribution in [3.05, 3.63) is 41.5 Å². The van der Waals surface area contributed by atoms with Crippen molar-refractivity contribution in [1.82, 2.24) is 0 Å². The van der Waals surface area contributed by atoms with E-state index < -0.39 is 61.4 Å². The summed E-state index contributed by atoms with van der Waals surface area (Å²) < 4.78 is 23.7. The topological polar surface area (TPSA) is 179 Å². The first-order valence-electron chi connectivity index (χ1n) is 9.96. The van der Waals surface area contributed by atoms with Crippen LogP contribution in [0.2, 0.25) is 0 Å². The summed E-state index contributed by atoms with van der Waals surface area (Å²) in [5, 5.41) is 70.2. The predicted octanol–water partition coefficient (Wildman–Crippen LogP) is -0.0932. The summed E-state index contributed by atoms with van der Waals surface area (Å²) in [6.07, 6.45) is -9.24. The molecule has 0 saturated carbocycles. The molecule has 0 amide bonds. The van der Waals surface area contributed by atoms with Gasteiger partial charge in [0.2, 0.25) is 0 Å². The predicted molar refractivity (Wildman–Crippen MR) is 103 cm³/mol. The van der Waals surface area contributed by atoms with Crippen LogP contribution in [0.25, 0.3) is 0 Å². The van der Waals surface area contributed by atoms with Gasteiger partial charge in [0.15, 0.2) is 23.9 Å². The van der Waals surface area contributed by atoms with Crippen LogP contribution in [-0.4, -0.2) is 79.2 Å². The minimum atomic E-state index is -1.45. The standard InChI is InChI=1S/C21H22O11/c22-6-13-15(27)16(28)19-21(30-13)32-20-17(7-1-2-9(24)10(25)3-7)29-12-5-8(23)4-11(26)14(12)18(20)31-19/h1-5,13,15-28H,6H2. The molecule has 3 heterocycles. The summed E-state index contributed by atoms with van der Waals surface area (Å²) in [7, 11) is 0. The van der Waals surface area contributed by atoms with Gasteiger partial charge < -0.3 is 54.7 Å². The Kier molecular flexibility index (Phi) is 5.04. The number of aromatic hydroxyl groups is 4. The lowest BCUT2D eigenvalue weighted by atomic mass is 9.88. The van der Waals surface area contributed by atoms with E-state index in [0.29, 0.717) is 5.56 Å². The van der Waals surface area contributed by atoms with Crippen molar-refractivity contribution in [2.75, 3.05) is 6.61 Å². The van der Waals surface area contributed by atoms with Gasteiger partial charge in [0, 0.05) is 12.1 Å². The third-order valence-corrected chi connectivity index (χ3v) is 5.99. The quantitative estimate of drug-likeness (QED) is 0.304. The minimum Gasteiger partial charge on any atom is -0.508 e. The van der Waals surface area contributed by atoms with E-state index in [-0.39, 0.29) is 28.6 Å². The van der Waals surface area contributed by atoms with E-state index in [9.17, 15) is 35.7 Å². The van der Waals surface area contributed by atoms with Gasteiger partial charge in [-0.15, -0.1) is 0 Å². The highest BCUT2D eigenvalue weighted by atomic mass is 16.7. The van der Waals surface area contributed by atoms with E-state index in [0.717, 1.165) is 6.07 Å². The van der Waals surface area contributed by atoms with Gasteiger partial charge in [-0.2, -0.15) is 0 Å². The second-order valence-corrected chi connectivity index (χ2v) is 7.99. The summed E-state index contributed by atoms with van der Waals surface area (Å²) in [6, 6.07) is 6.42. The van der Waals surface area contributed by atoms with Gasteiger partial charge in [-0.3, -0.25) is 0 Å². The molecule has 3 aliphatic heterocycles. The number of hydrogen-bond donors (Lipinski definition) is 7. The van der Waals surface area contributed by atoms with Gasteiger partial charge in [0.05, 0.1) is 12.2 Å². The Morgan fingerprint density at radius 1 is 0.750 bits per heavy atom. The van der Waals surface area contributed by atoms with E-state index in [2.05, 4.69) is 0 Å². The molecule has 2 saturated heterocycles. The Morgan fingerprint density at radius 3 is 2.25 bits per heavy atom. The molecule has 0 radical (unpaired) electrons. The van der Waals surface area contributed by atoms with Crippen LogP contribution in [-0.2, 0) is 14.2 Å². The first-order valence-corrected chi connectivity index (χ1v) is 9.96. The molecule has 8 atom stereocenters. The number of aliphatic hydroxyl groups excluding tert-OH is 3. The molecule has 11 nitrogen and oxygen atoms in total. The Bertz CT molecular complexity index is 1030. The first kappa shape index (κ1) is 21.1. The summed E-state index contributed by atoms with van der Waals surface area (Å²) in [5.74, 6) is -1.23. The highest BCUT2D eigenvalue weighted by Crippen LogP contribution is 2.53. The minimum absolute atomic E-state index is 0.0864. The largest absolute Gasteiger partial charge is 0.508 e. The normalized spacial score (nSPS) is 35.8. The number of ether oxygens (including phenoxy) is 4. The Labute approximate surface area is 181 Å². The van der Waals surface area contributed by atoms with Crippen LogP contribution in [0.4, 0.5) is 0 Å². The lowest BCUT2D eigenvalue weighted by Gasteiger charge is -2.51. The molecule has 2 aromatic rings. The molecular weight excluding hydrogens is 428 g/mol. The molecular formula is C21H22O11. The lowest BCUT2D eigenvalue weighted by Crippen LogP contribution is -2.64. The van der Waals surface area contributed by atoms with Crippen LogP contribution in [0.5, 0.6) is 28.7 Å². The molecule has 2 aromatic carbocycles. The zero-order valence-corrected chi connectivity index (χ0v) is 16.5. The van der Waals surface area contributed by atoms with Crippen molar-refractivity contribution in [2.45, 2.75) is 49.0 Å². The molecule has 7 N–H and O–H groups in total. The van der Waals surface area contributed by atoms with E-state index in [4.69, 9.17) is 18.9 Å². The number of hydrogen-bond acceptors (Lipinski definition) is 11. The molecule has 5 rings (SSSR count). The van der Waals surface area contributed by atoms with E-state index in [1.54, 1.807) is 0 Å². The fourth-order valence-electron chi connectivity index (χ4n) is 4.41. The summed E-state index contributed by atoms with van der Waals surface area (Å²) in [6.45, 7) is -0.562. The lowest BCUT2D eigenvalue weighted by molar-refractivity contribution is -0.379. The monoisotopic (exact) mass is 450 g/mol. The van der Waals surface area contributed by atoms with E-state index in [1.807, 2.05) is 0 Å². The van der Waals surface area contributed by atoms with Gasteiger partial charge in [0.25, 0.3) is 0 Å². The van der Waals surface area contributed by atoms with Gasteiger partial charge in [0.1, 0.15) is 53.9 Å². The zero-order chi connectivity index (χ0) is 22.7. The van der Waals surface area contributed by atoms with Crippen LogP contribution in [0.3, 0.4) is 0 Å². The number of aliphatic hydroxyl groups is 3. The van der Waals surface area contributed by atoms with Crippen molar-refractivity contribution in [3.8, 4) is 28.7 Å². The summed E-state index contributed by atoms with van der Waals surface area (Å²) in [4.78, 5) is 0. The van der Waals surface area contributed by atoms with Crippen LogP contribution in [0.15, 0.2) is 30.3 Å². The molecule has 0 aliphatic carbocycles. The second-order valence-electron chi connectivity index (χ2n) is 7.99. The first-order chi connectivity index (χ1) is 15.3.